The first-order chi connectivity index (χ1) is 9.60. The van der Waals surface area contributed by atoms with Crippen LogP contribution in [0.4, 0.5) is 0 Å². The SMILES string of the molecule is CCC(NC(=O)CNC(=O)CN)c1ccc(OC)cc1.Cl. The molecule has 1 unspecified atom stereocenters. The van der Waals surface area contributed by atoms with Crippen molar-refractivity contribution in [2.75, 3.05) is 20.2 Å². The van der Waals surface area contributed by atoms with Gasteiger partial charge in [0.15, 0.2) is 0 Å². The third-order valence-corrected chi connectivity index (χ3v) is 2.89. The maximum Gasteiger partial charge on any atom is 0.239 e. The van der Waals surface area contributed by atoms with Crippen LogP contribution >= 0.6 is 12.4 Å². The summed E-state index contributed by atoms with van der Waals surface area (Å²) in [4.78, 5) is 22.7. The molecule has 2 amide bonds. The van der Waals surface area contributed by atoms with Gasteiger partial charge in [-0.1, -0.05) is 19.1 Å². The Morgan fingerprint density at radius 2 is 1.86 bits per heavy atom. The minimum atomic E-state index is -0.349. The third kappa shape index (κ3) is 6.46. The van der Waals surface area contributed by atoms with Crippen molar-refractivity contribution >= 4 is 24.2 Å². The molecule has 1 rings (SSSR count). The van der Waals surface area contributed by atoms with Gasteiger partial charge in [0, 0.05) is 0 Å². The Kier molecular flexibility index (Phi) is 9.16. The molecule has 6 nitrogen and oxygen atoms in total. The molecule has 21 heavy (non-hydrogen) atoms. The number of rotatable bonds is 7. The van der Waals surface area contributed by atoms with Crippen molar-refractivity contribution in [2.45, 2.75) is 19.4 Å². The van der Waals surface area contributed by atoms with Gasteiger partial charge in [0.2, 0.25) is 11.8 Å². The molecule has 0 aromatic heterocycles. The molecule has 0 spiro atoms. The normalized spacial score (nSPS) is 11.0. The van der Waals surface area contributed by atoms with Crippen molar-refractivity contribution in [1.29, 1.82) is 0 Å². The highest BCUT2D eigenvalue weighted by molar-refractivity contribution is 5.85. The smallest absolute Gasteiger partial charge is 0.239 e. The summed E-state index contributed by atoms with van der Waals surface area (Å²) in [6, 6.07) is 7.42. The molecule has 1 aromatic carbocycles. The Morgan fingerprint density at radius 1 is 1.24 bits per heavy atom. The predicted molar refractivity (Wildman–Crippen MR) is 83.5 cm³/mol. The Bertz CT molecular complexity index is 451. The number of ether oxygens (including phenoxy) is 1. The highest BCUT2D eigenvalue weighted by Crippen LogP contribution is 2.19. The molecule has 1 aromatic rings. The number of halogens is 1. The maximum absolute atomic E-state index is 11.7. The van der Waals surface area contributed by atoms with Crippen molar-refractivity contribution in [3.05, 3.63) is 29.8 Å². The predicted octanol–water partition coefficient (Wildman–Crippen LogP) is 0.759. The average molecular weight is 316 g/mol. The number of benzene rings is 1. The summed E-state index contributed by atoms with van der Waals surface area (Å²) in [6.07, 6.45) is 0.753. The minimum absolute atomic E-state index is 0. The van der Waals surface area contributed by atoms with Crippen molar-refractivity contribution in [1.82, 2.24) is 10.6 Å². The molecule has 7 heteroatoms. The number of nitrogens with two attached hydrogens (primary N) is 1. The van der Waals surface area contributed by atoms with Crippen LogP contribution < -0.4 is 21.1 Å². The molecular weight excluding hydrogens is 294 g/mol. The van der Waals surface area contributed by atoms with E-state index in [9.17, 15) is 9.59 Å². The average Bonchev–Trinajstić information content (AvgIpc) is 2.50. The number of carbonyl (C=O) groups is 2. The van der Waals surface area contributed by atoms with E-state index in [0.29, 0.717) is 0 Å². The van der Waals surface area contributed by atoms with E-state index >= 15 is 0 Å². The molecule has 0 fully saturated rings. The van der Waals surface area contributed by atoms with E-state index in [1.165, 1.54) is 0 Å². The van der Waals surface area contributed by atoms with E-state index in [1.54, 1.807) is 7.11 Å². The Labute approximate surface area is 130 Å². The highest BCUT2D eigenvalue weighted by Gasteiger charge is 2.13. The number of nitrogens with one attached hydrogen (secondary N) is 2. The zero-order chi connectivity index (χ0) is 15.0. The molecule has 0 aliphatic carbocycles. The Balaban J connectivity index is 0.00000400. The van der Waals surface area contributed by atoms with Gasteiger partial charge < -0.3 is 21.1 Å². The number of methoxy groups -OCH3 is 1. The van der Waals surface area contributed by atoms with Gasteiger partial charge in [-0.25, -0.2) is 0 Å². The van der Waals surface area contributed by atoms with Gasteiger partial charge in [0.05, 0.1) is 26.2 Å². The largest absolute Gasteiger partial charge is 0.497 e. The van der Waals surface area contributed by atoms with Gasteiger partial charge >= 0.3 is 0 Å². The second kappa shape index (κ2) is 10.0. The summed E-state index contributed by atoms with van der Waals surface area (Å²) in [7, 11) is 1.61. The summed E-state index contributed by atoms with van der Waals surface area (Å²) in [5.41, 5.74) is 6.14. The van der Waals surface area contributed by atoms with Crippen LogP contribution in [0.2, 0.25) is 0 Å². The number of hydrogen-bond donors (Lipinski definition) is 3. The van der Waals surface area contributed by atoms with Crippen LogP contribution in [0.1, 0.15) is 24.9 Å². The number of hydrogen-bond acceptors (Lipinski definition) is 4. The standard InChI is InChI=1S/C14H21N3O3.ClH/c1-3-12(10-4-6-11(20-2)7-5-10)17-14(19)9-16-13(18)8-15;/h4-7,12H,3,8-9,15H2,1-2H3,(H,16,18)(H,17,19);1H. The zero-order valence-corrected chi connectivity index (χ0v) is 13.0. The first kappa shape index (κ1) is 19.2. The first-order valence-corrected chi connectivity index (χ1v) is 6.50. The van der Waals surface area contributed by atoms with E-state index in [1.807, 2.05) is 31.2 Å². The Morgan fingerprint density at radius 3 is 2.33 bits per heavy atom. The van der Waals surface area contributed by atoms with Crippen molar-refractivity contribution in [3.63, 3.8) is 0 Å². The topological polar surface area (TPSA) is 93.5 Å². The summed E-state index contributed by atoms with van der Waals surface area (Å²) in [5, 5.41) is 5.30. The van der Waals surface area contributed by atoms with Gasteiger partial charge in [0.25, 0.3) is 0 Å². The number of amides is 2. The summed E-state index contributed by atoms with van der Waals surface area (Å²) >= 11 is 0. The van der Waals surface area contributed by atoms with E-state index < -0.39 is 0 Å². The fourth-order valence-electron chi connectivity index (χ4n) is 1.75. The summed E-state index contributed by atoms with van der Waals surface area (Å²) < 4.78 is 5.09. The van der Waals surface area contributed by atoms with Crippen molar-refractivity contribution in [3.8, 4) is 5.75 Å². The van der Waals surface area contributed by atoms with E-state index in [-0.39, 0.29) is 43.4 Å². The fraction of sp³-hybridized carbons (Fsp3) is 0.429. The molecule has 0 saturated heterocycles. The van der Waals surface area contributed by atoms with E-state index in [4.69, 9.17) is 10.5 Å². The molecule has 118 valence electrons. The lowest BCUT2D eigenvalue weighted by Gasteiger charge is -2.18. The van der Waals surface area contributed by atoms with Gasteiger partial charge in [-0.2, -0.15) is 0 Å². The first-order valence-electron chi connectivity index (χ1n) is 6.50. The molecule has 0 heterocycles. The zero-order valence-electron chi connectivity index (χ0n) is 12.2. The Hall–Kier alpha value is -1.79. The molecule has 0 aliphatic heterocycles. The quantitative estimate of drug-likeness (QED) is 0.692. The lowest BCUT2D eigenvalue weighted by molar-refractivity contribution is -0.125. The second-order valence-corrected chi connectivity index (χ2v) is 4.28. The van der Waals surface area contributed by atoms with Gasteiger partial charge in [-0.05, 0) is 24.1 Å². The van der Waals surface area contributed by atoms with Gasteiger partial charge in [-0.3, -0.25) is 9.59 Å². The molecular formula is C14H22ClN3O3. The van der Waals surface area contributed by atoms with Crippen LogP contribution in [-0.2, 0) is 9.59 Å². The van der Waals surface area contributed by atoms with E-state index in [2.05, 4.69) is 10.6 Å². The molecule has 0 radical (unpaired) electrons. The maximum atomic E-state index is 11.7. The van der Waals surface area contributed by atoms with Crippen molar-refractivity contribution in [2.24, 2.45) is 5.73 Å². The van der Waals surface area contributed by atoms with Crippen LogP contribution in [0, 0.1) is 0 Å². The van der Waals surface area contributed by atoms with Crippen LogP contribution in [0.15, 0.2) is 24.3 Å². The molecule has 1 atom stereocenters. The van der Waals surface area contributed by atoms with Crippen molar-refractivity contribution < 1.29 is 14.3 Å². The molecule has 0 saturated carbocycles. The molecule has 0 bridgehead atoms. The second-order valence-electron chi connectivity index (χ2n) is 4.28. The van der Waals surface area contributed by atoms with Crippen LogP contribution in [0.25, 0.3) is 0 Å². The third-order valence-electron chi connectivity index (χ3n) is 2.89. The lowest BCUT2D eigenvalue weighted by Crippen LogP contribution is -2.40. The van der Waals surface area contributed by atoms with Gasteiger partial charge in [-0.15, -0.1) is 12.4 Å². The minimum Gasteiger partial charge on any atom is -0.497 e. The summed E-state index contributed by atoms with van der Waals surface area (Å²) in [5.74, 6) is 0.178. The van der Waals surface area contributed by atoms with Crippen LogP contribution in [-0.4, -0.2) is 32.0 Å². The molecule has 0 aliphatic rings. The number of carbonyl (C=O) groups excluding carboxylic acids is 2. The summed E-state index contributed by atoms with van der Waals surface area (Å²) in [6.45, 7) is 1.79. The lowest BCUT2D eigenvalue weighted by atomic mass is 10.0. The van der Waals surface area contributed by atoms with Crippen LogP contribution in [0.5, 0.6) is 5.75 Å². The van der Waals surface area contributed by atoms with Crippen LogP contribution in [0.3, 0.4) is 0 Å². The highest BCUT2D eigenvalue weighted by atomic mass is 35.5. The van der Waals surface area contributed by atoms with Gasteiger partial charge in [0.1, 0.15) is 5.75 Å². The van der Waals surface area contributed by atoms with E-state index in [0.717, 1.165) is 17.7 Å². The fourth-order valence-corrected chi connectivity index (χ4v) is 1.75. The molecule has 4 N–H and O–H groups in total. The monoisotopic (exact) mass is 315 g/mol.